The van der Waals surface area contributed by atoms with Gasteiger partial charge in [0.25, 0.3) is 0 Å². The highest BCUT2D eigenvalue weighted by molar-refractivity contribution is 6.08. The molecule has 0 saturated carbocycles. The van der Waals surface area contributed by atoms with E-state index in [2.05, 4.69) is 22.4 Å². The lowest BCUT2D eigenvalue weighted by atomic mass is 10.0. The van der Waals surface area contributed by atoms with Crippen molar-refractivity contribution in [2.45, 2.75) is 20.4 Å². The SMILES string of the molecule is CC(=O)c1c(C)nc2ccccc2c1NCc1ccccc1.Cl. The molecule has 0 spiro atoms. The Labute approximate surface area is 142 Å². The first-order valence-corrected chi connectivity index (χ1v) is 7.35. The van der Waals surface area contributed by atoms with Crippen molar-refractivity contribution in [1.29, 1.82) is 0 Å². The Kier molecular flexibility index (Phi) is 5.35. The van der Waals surface area contributed by atoms with Crippen LogP contribution in [0.4, 0.5) is 5.69 Å². The van der Waals surface area contributed by atoms with Gasteiger partial charge in [-0.3, -0.25) is 9.78 Å². The Morgan fingerprint density at radius 3 is 2.39 bits per heavy atom. The maximum atomic E-state index is 12.1. The molecule has 23 heavy (non-hydrogen) atoms. The third kappa shape index (κ3) is 3.51. The second-order valence-electron chi connectivity index (χ2n) is 5.36. The minimum Gasteiger partial charge on any atom is -0.380 e. The van der Waals surface area contributed by atoms with E-state index in [1.807, 2.05) is 49.4 Å². The standard InChI is InChI=1S/C19H18N2O.ClH/c1-13-18(14(2)22)19(16-10-6-7-11-17(16)21-13)20-12-15-8-4-3-5-9-15;/h3-11H,12H2,1-2H3,(H,20,21);1H. The summed E-state index contributed by atoms with van der Waals surface area (Å²) in [5.41, 5.74) is 4.40. The minimum absolute atomic E-state index is 0. The van der Waals surface area contributed by atoms with Crippen LogP contribution in [0, 0.1) is 6.92 Å². The Morgan fingerprint density at radius 2 is 1.70 bits per heavy atom. The number of aromatic nitrogens is 1. The Balaban J connectivity index is 0.00000192. The number of nitrogens with zero attached hydrogens (tertiary/aromatic N) is 1. The molecule has 4 heteroatoms. The van der Waals surface area contributed by atoms with Crippen LogP contribution in [0.3, 0.4) is 0 Å². The van der Waals surface area contributed by atoms with Crippen molar-refractivity contribution in [3.05, 3.63) is 71.4 Å². The van der Waals surface area contributed by atoms with Crippen LogP contribution in [0.5, 0.6) is 0 Å². The molecule has 0 saturated heterocycles. The topological polar surface area (TPSA) is 42.0 Å². The number of pyridine rings is 1. The van der Waals surface area contributed by atoms with Gasteiger partial charge in [-0.25, -0.2) is 0 Å². The van der Waals surface area contributed by atoms with Gasteiger partial charge in [0.05, 0.1) is 22.5 Å². The molecule has 3 aromatic rings. The molecule has 0 bridgehead atoms. The summed E-state index contributed by atoms with van der Waals surface area (Å²) in [5.74, 6) is 0.0336. The number of hydrogen-bond donors (Lipinski definition) is 1. The highest BCUT2D eigenvalue weighted by Gasteiger charge is 2.15. The molecule has 1 heterocycles. The van der Waals surface area contributed by atoms with E-state index in [0.717, 1.165) is 22.3 Å². The van der Waals surface area contributed by atoms with Crippen LogP contribution < -0.4 is 5.32 Å². The van der Waals surface area contributed by atoms with Gasteiger partial charge >= 0.3 is 0 Å². The number of fused-ring (bicyclic) bond motifs is 1. The van der Waals surface area contributed by atoms with Gasteiger partial charge in [0.2, 0.25) is 0 Å². The summed E-state index contributed by atoms with van der Waals surface area (Å²) in [6, 6.07) is 18.1. The van der Waals surface area contributed by atoms with Crippen LogP contribution in [0.2, 0.25) is 0 Å². The first-order valence-electron chi connectivity index (χ1n) is 7.35. The third-order valence-electron chi connectivity index (χ3n) is 3.74. The number of para-hydroxylation sites is 1. The van der Waals surface area contributed by atoms with Gasteiger partial charge in [-0.15, -0.1) is 12.4 Å². The number of benzene rings is 2. The van der Waals surface area contributed by atoms with Crippen LogP contribution in [-0.4, -0.2) is 10.8 Å². The minimum atomic E-state index is 0. The zero-order chi connectivity index (χ0) is 15.5. The second-order valence-corrected chi connectivity index (χ2v) is 5.36. The van der Waals surface area contributed by atoms with Crippen LogP contribution in [0.15, 0.2) is 54.6 Å². The quantitative estimate of drug-likeness (QED) is 0.701. The number of carbonyl (C=O) groups is 1. The molecule has 0 unspecified atom stereocenters. The van der Waals surface area contributed by atoms with E-state index in [1.165, 1.54) is 5.56 Å². The van der Waals surface area contributed by atoms with E-state index in [4.69, 9.17) is 0 Å². The molecule has 1 N–H and O–H groups in total. The van der Waals surface area contributed by atoms with Gasteiger partial charge in [0.1, 0.15) is 0 Å². The maximum absolute atomic E-state index is 12.1. The van der Waals surface area contributed by atoms with Gasteiger partial charge in [0.15, 0.2) is 5.78 Å². The summed E-state index contributed by atoms with van der Waals surface area (Å²) in [6.07, 6.45) is 0. The molecule has 3 nitrogen and oxygen atoms in total. The molecule has 0 aliphatic carbocycles. The van der Waals surface area contributed by atoms with Crippen LogP contribution >= 0.6 is 12.4 Å². The van der Waals surface area contributed by atoms with Gasteiger partial charge in [-0.1, -0.05) is 48.5 Å². The highest BCUT2D eigenvalue weighted by Crippen LogP contribution is 2.29. The predicted molar refractivity (Wildman–Crippen MR) is 97.5 cm³/mol. The fourth-order valence-electron chi connectivity index (χ4n) is 2.74. The fourth-order valence-corrected chi connectivity index (χ4v) is 2.74. The van der Waals surface area contributed by atoms with Crippen molar-refractivity contribution in [3.8, 4) is 0 Å². The van der Waals surface area contributed by atoms with Crippen LogP contribution in [0.25, 0.3) is 10.9 Å². The second kappa shape index (κ2) is 7.25. The molecule has 118 valence electrons. The van der Waals surface area contributed by atoms with Gasteiger partial charge < -0.3 is 5.32 Å². The zero-order valence-electron chi connectivity index (χ0n) is 13.2. The zero-order valence-corrected chi connectivity index (χ0v) is 14.0. The average molecular weight is 327 g/mol. The predicted octanol–water partition coefficient (Wildman–Crippen LogP) is 4.78. The third-order valence-corrected chi connectivity index (χ3v) is 3.74. The molecule has 0 amide bonds. The lowest BCUT2D eigenvalue weighted by Crippen LogP contribution is -2.09. The molecule has 2 aromatic carbocycles. The molecule has 0 atom stereocenters. The van der Waals surface area contributed by atoms with Gasteiger partial charge in [0, 0.05) is 11.9 Å². The van der Waals surface area contributed by atoms with Crippen molar-refractivity contribution in [2.75, 3.05) is 5.32 Å². The average Bonchev–Trinajstić information content (AvgIpc) is 2.52. The lowest BCUT2D eigenvalue weighted by molar-refractivity contribution is 0.101. The van der Waals surface area contributed by atoms with Crippen molar-refractivity contribution in [2.24, 2.45) is 0 Å². The molecule has 3 rings (SSSR count). The maximum Gasteiger partial charge on any atom is 0.163 e. The van der Waals surface area contributed by atoms with Crippen LogP contribution in [-0.2, 0) is 6.54 Å². The number of ketones is 1. The number of halogens is 1. The van der Waals surface area contributed by atoms with E-state index >= 15 is 0 Å². The summed E-state index contributed by atoms with van der Waals surface area (Å²) >= 11 is 0. The lowest BCUT2D eigenvalue weighted by Gasteiger charge is -2.15. The summed E-state index contributed by atoms with van der Waals surface area (Å²) in [4.78, 5) is 16.6. The smallest absolute Gasteiger partial charge is 0.163 e. The Hall–Kier alpha value is -2.39. The Morgan fingerprint density at radius 1 is 1.04 bits per heavy atom. The number of hydrogen-bond acceptors (Lipinski definition) is 3. The molecule has 0 aliphatic heterocycles. The van der Waals surface area contributed by atoms with Gasteiger partial charge in [-0.2, -0.15) is 0 Å². The van der Waals surface area contributed by atoms with E-state index in [-0.39, 0.29) is 18.2 Å². The summed E-state index contributed by atoms with van der Waals surface area (Å²) in [7, 11) is 0. The highest BCUT2D eigenvalue weighted by atomic mass is 35.5. The largest absolute Gasteiger partial charge is 0.380 e. The summed E-state index contributed by atoms with van der Waals surface area (Å²) in [5, 5.41) is 4.41. The number of nitrogens with one attached hydrogen (secondary N) is 1. The first-order chi connectivity index (χ1) is 10.7. The number of Topliss-reactive ketones (excluding diaryl/α,β-unsaturated/α-hetero) is 1. The van der Waals surface area contributed by atoms with Crippen molar-refractivity contribution < 1.29 is 4.79 Å². The van der Waals surface area contributed by atoms with Crippen molar-refractivity contribution in [3.63, 3.8) is 0 Å². The fraction of sp³-hybridized carbons (Fsp3) is 0.158. The van der Waals surface area contributed by atoms with Crippen LogP contribution in [0.1, 0.15) is 28.5 Å². The normalized spacial score (nSPS) is 10.2. The number of aryl methyl sites for hydroxylation is 1. The molecule has 0 fully saturated rings. The van der Waals surface area contributed by atoms with Gasteiger partial charge in [-0.05, 0) is 25.5 Å². The van der Waals surface area contributed by atoms with E-state index < -0.39 is 0 Å². The number of rotatable bonds is 4. The molecule has 0 radical (unpaired) electrons. The van der Waals surface area contributed by atoms with E-state index in [0.29, 0.717) is 12.1 Å². The van der Waals surface area contributed by atoms with E-state index in [1.54, 1.807) is 6.92 Å². The van der Waals surface area contributed by atoms with Crippen molar-refractivity contribution in [1.82, 2.24) is 4.98 Å². The summed E-state index contributed by atoms with van der Waals surface area (Å²) < 4.78 is 0. The molecule has 0 aliphatic rings. The Bertz CT molecular complexity index is 831. The molecule has 1 aromatic heterocycles. The number of anilines is 1. The molecular formula is C19H19ClN2O. The van der Waals surface area contributed by atoms with Crippen molar-refractivity contribution >= 4 is 34.8 Å². The first kappa shape index (κ1) is 17.0. The molecular weight excluding hydrogens is 308 g/mol. The monoisotopic (exact) mass is 326 g/mol. The number of carbonyl (C=O) groups excluding carboxylic acids is 1. The summed E-state index contributed by atoms with van der Waals surface area (Å²) in [6.45, 7) is 4.15. The van der Waals surface area contributed by atoms with E-state index in [9.17, 15) is 4.79 Å².